The van der Waals surface area contributed by atoms with Gasteiger partial charge in [0.25, 0.3) is 0 Å². The molecule has 126 valence electrons. The Bertz CT molecular complexity index is 1060. The van der Waals surface area contributed by atoms with Crippen LogP contribution in [0.2, 0.25) is 0 Å². The first-order chi connectivity index (χ1) is 12.1. The van der Waals surface area contributed by atoms with Gasteiger partial charge < -0.3 is 10.1 Å². The van der Waals surface area contributed by atoms with Gasteiger partial charge in [-0.15, -0.1) is 11.3 Å². The first-order valence-electron chi connectivity index (χ1n) is 7.65. The molecule has 3 heterocycles. The second kappa shape index (κ2) is 6.18. The van der Waals surface area contributed by atoms with Crippen LogP contribution in [0.15, 0.2) is 48.0 Å². The van der Waals surface area contributed by atoms with Crippen LogP contribution in [0, 0.1) is 12.7 Å². The van der Waals surface area contributed by atoms with Crippen molar-refractivity contribution in [3.05, 3.63) is 59.5 Å². The van der Waals surface area contributed by atoms with E-state index in [1.807, 2.05) is 36.6 Å². The molecule has 3 aromatic heterocycles. The van der Waals surface area contributed by atoms with Gasteiger partial charge in [-0.2, -0.15) is 0 Å². The number of anilines is 2. The van der Waals surface area contributed by atoms with Crippen molar-refractivity contribution < 1.29 is 9.13 Å². The van der Waals surface area contributed by atoms with Crippen molar-refractivity contribution in [1.82, 2.24) is 14.4 Å². The Morgan fingerprint density at radius 2 is 2.08 bits per heavy atom. The van der Waals surface area contributed by atoms with E-state index in [2.05, 4.69) is 15.3 Å². The monoisotopic (exact) mass is 354 g/mol. The van der Waals surface area contributed by atoms with Crippen molar-refractivity contribution in [3.63, 3.8) is 0 Å². The number of hydrogen-bond acceptors (Lipinski definition) is 5. The van der Waals surface area contributed by atoms with E-state index < -0.39 is 0 Å². The molecular formula is C18H15FN4OS. The Hall–Kier alpha value is -2.93. The van der Waals surface area contributed by atoms with Crippen LogP contribution in [0.25, 0.3) is 17.0 Å². The summed E-state index contributed by atoms with van der Waals surface area (Å²) in [5, 5.41) is 5.94. The number of rotatable bonds is 4. The average Bonchev–Trinajstić information content (AvgIpc) is 3.18. The molecular weight excluding hydrogens is 339 g/mol. The molecule has 0 unspecified atom stereocenters. The van der Waals surface area contributed by atoms with Crippen LogP contribution in [-0.2, 0) is 0 Å². The number of halogens is 1. The Kier molecular flexibility index (Phi) is 3.85. The van der Waals surface area contributed by atoms with Gasteiger partial charge in [0.15, 0.2) is 5.13 Å². The zero-order valence-corrected chi connectivity index (χ0v) is 14.5. The molecule has 0 saturated heterocycles. The lowest BCUT2D eigenvalue weighted by molar-refractivity contribution is 0.415. The molecule has 0 radical (unpaired) electrons. The molecule has 1 N–H and O–H groups in total. The zero-order chi connectivity index (χ0) is 17.4. The molecule has 0 aliphatic carbocycles. The summed E-state index contributed by atoms with van der Waals surface area (Å²) in [4.78, 5) is 9.10. The van der Waals surface area contributed by atoms with Gasteiger partial charge in [-0.3, -0.25) is 4.40 Å². The van der Waals surface area contributed by atoms with Crippen LogP contribution in [-0.4, -0.2) is 21.5 Å². The summed E-state index contributed by atoms with van der Waals surface area (Å²) in [6.07, 6.45) is 1.43. The number of nitrogens with zero attached hydrogens (tertiary/aromatic N) is 3. The first-order valence-corrected chi connectivity index (χ1v) is 8.53. The van der Waals surface area contributed by atoms with E-state index in [1.165, 1.54) is 23.6 Å². The number of aryl methyl sites for hydroxylation is 1. The van der Waals surface area contributed by atoms with Gasteiger partial charge in [0.2, 0.25) is 0 Å². The third-order valence-electron chi connectivity index (χ3n) is 3.82. The van der Waals surface area contributed by atoms with Crippen LogP contribution in [0.3, 0.4) is 0 Å². The largest absolute Gasteiger partial charge is 0.497 e. The summed E-state index contributed by atoms with van der Waals surface area (Å²) < 4.78 is 20.6. The minimum atomic E-state index is -0.309. The Morgan fingerprint density at radius 3 is 2.92 bits per heavy atom. The number of aromatic nitrogens is 3. The second-order valence-corrected chi connectivity index (χ2v) is 6.37. The molecule has 0 amide bonds. The van der Waals surface area contributed by atoms with E-state index in [-0.39, 0.29) is 5.82 Å². The van der Waals surface area contributed by atoms with Crippen LogP contribution >= 0.6 is 11.3 Å². The maximum absolute atomic E-state index is 13.6. The average molecular weight is 354 g/mol. The number of ether oxygens (including phenoxy) is 1. The SMILES string of the molecule is COc1cccc(Nc2nc(-c3c(C)nc4ccc(F)cn34)cs2)c1. The fourth-order valence-electron chi connectivity index (χ4n) is 2.71. The molecule has 1 aromatic carbocycles. The highest BCUT2D eigenvalue weighted by atomic mass is 32.1. The molecule has 0 bridgehead atoms. The van der Waals surface area contributed by atoms with Gasteiger partial charge in [0.1, 0.15) is 22.9 Å². The van der Waals surface area contributed by atoms with Gasteiger partial charge in [-0.05, 0) is 31.2 Å². The summed E-state index contributed by atoms with van der Waals surface area (Å²) in [6.45, 7) is 1.90. The number of fused-ring (bicyclic) bond motifs is 1. The van der Waals surface area contributed by atoms with Crippen molar-refractivity contribution in [2.24, 2.45) is 0 Å². The summed E-state index contributed by atoms with van der Waals surface area (Å²) in [5.74, 6) is 0.464. The minimum Gasteiger partial charge on any atom is -0.497 e. The quantitative estimate of drug-likeness (QED) is 0.579. The van der Waals surface area contributed by atoms with Crippen LogP contribution in [0.1, 0.15) is 5.69 Å². The molecule has 5 nitrogen and oxygen atoms in total. The van der Waals surface area contributed by atoms with Crippen molar-refractivity contribution in [1.29, 1.82) is 0 Å². The molecule has 7 heteroatoms. The number of pyridine rings is 1. The number of nitrogens with one attached hydrogen (secondary N) is 1. The Balaban J connectivity index is 1.69. The predicted molar refractivity (Wildman–Crippen MR) is 97.3 cm³/mol. The summed E-state index contributed by atoms with van der Waals surface area (Å²) in [6, 6.07) is 10.7. The number of hydrogen-bond donors (Lipinski definition) is 1. The standard InChI is InChI=1S/C18H15FN4OS/c1-11-17(23-9-12(19)6-7-16(23)20-11)15-10-25-18(22-15)21-13-4-3-5-14(8-13)24-2/h3-10H,1-2H3,(H,21,22). The van der Waals surface area contributed by atoms with Crippen molar-refractivity contribution in [3.8, 4) is 17.1 Å². The Labute approximate surface area is 147 Å². The molecule has 0 aliphatic heterocycles. The smallest absolute Gasteiger partial charge is 0.187 e. The lowest BCUT2D eigenvalue weighted by Gasteiger charge is -2.05. The van der Waals surface area contributed by atoms with E-state index in [0.29, 0.717) is 5.65 Å². The van der Waals surface area contributed by atoms with Gasteiger partial charge in [-0.1, -0.05) is 6.07 Å². The maximum atomic E-state index is 13.6. The van der Waals surface area contributed by atoms with E-state index in [0.717, 1.165) is 33.7 Å². The van der Waals surface area contributed by atoms with Gasteiger partial charge in [0, 0.05) is 23.3 Å². The third-order valence-corrected chi connectivity index (χ3v) is 4.58. The van der Waals surface area contributed by atoms with Gasteiger partial charge >= 0.3 is 0 Å². The van der Waals surface area contributed by atoms with Crippen molar-refractivity contribution in [2.75, 3.05) is 12.4 Å². The van der Waals surface area contributed by atoms with Crippen LogP contribution in [0.5, 0.6) is 5.75 Å². The van der Waals surface area contributed by atoms with Crippen molar-refractivity contribution >= 4 is 27.8 Å². The first kappa shape index (κ1) is 15.6. The van der Waals surface area contributed by atoms with E-state index in [1.54, 1.807) is 17.6 Å². The number of methoxy groups -OCH3 is 1. The lowest BCUT2D eigenvalue weighted by Crippen LogP contribution is -1.93. The number of thiazole rings is 1. The summed E-state index contributed by atoms with van der Waals surface area (Å²) in [5.41, 5.74) is 3.95. The topological polar surface area (TPSA) is 51.5 Å². The summed E-state index contributed by atoms with van der Waals surface area (Å²) in [7, 11) is 1.63. The highest BCUT2D eigenvalue weighted by molar-refractivity contribution is 7.14. The molecule has 4 aromatic rings. The molecule has 0 spiro atoms. The third kappa shape index (κ3) is 2.94. The zero-order valence-electron chi connectivity index (χ0n) is 13.7. The second-order valence-electron chi connectivity index (χ2n) is 5.52. The van der Waals surface area contributed by atoms with Gasteiger partial charge in [0.05, 0.1) is 18.5 Å². The highest BCUT2D eigenvalue weighted by Gasteiger charge is 2.15. The molecule has 0 saturated carbocycles. The van der Waals surface area contributed by atoms with Gasteiger partial charge in [-0.25, -0.2) is 14.4 Å². The molecule has 25 heavy (non-hydrogen) atoms. The molecule has 0 aliphatic rings. The molecule has 0 atom stereocenters. The summed E-state index contributed by atoms with van der Waals surface area (Å²) >= 11 is 1.48. The Morgan fingerprint density at radius 1 is 1.20 bits per heavy atom. The van der Waals surface area contributed by atoms with Crippen LogP contribution < -0.4 is 10.1 Å². The maximum Gasteiger partial charge on any atom is 0.187 e. The van der Waals surface area contributed by atoms with E-state index in [9.17, 15) is 4.39 Å². The van der Waals surface area contributed by atoms with Crippen molar-refractivity contribution in [2.45, 2.75) is 6.92 Å². The minimum absolute atomic E-state index is 0.309. The van der Waals surface area contributed by atoms with E-state index in [4.69, 9.17) is 4.74 Å². The lowest BCUT2D eigenvalue weighted by atomic mass is 10.3. The van der Waals surface area contributed by atoms with E-state index >= 15 is 0 Å². The highest BCUT2D eigenvalue weighted by Crippen LogP contribution is 2.30. The molecule has 0 fully saturated rings. The normalized spacial score (nSPS) is 11.0. The predicted octanol–water partition coefficient (Wildman–Crippen LogP) is 4.66. The number of imidazole rings is 1. The fraction of sp³-hybridized carbons (Fsp3) is 0.111. The number of benzene rings is 1. The fourth-order valence-corrected chi connectivity index (χ4v) is 3.42. The molecule has 4 rings (SSSR count). The van der Waals surface area contributed by atoms with Crippen LogP contribution in [0.4, 0.5) is 15.2 Å².